The smallest absolute Gasteiger partial charge is 0.146 e. The molecule has 0 saturated carbocycles. The fraction of sp³-hybridized carbons (Fsp3) is 0.250. The minimum absolute atomic E-state index is 0.0292. The van der Waals surface area contributed by atoms with Crippen LogP contribution in [-0.4, -0.2) is 0 Å². The Kier molecular flexibility index (Phi) is 2.99. The van der Waals surface area contributed by atoms with Crippen LogP contribution in [0.25, 0.3) is 0 Å². The van der Waals surface area contributed by atoms with E-state index in [4.69, 9.17) is 5.73 Å². The van der Waals surface area contributed by atoms with E-state index in [1.807, 2.05) is 31.2 Å². The van der Waals surface area contributed by atoms with Gasteiger partial charge in [0.1, 0.15) is 5.82 Å². The maximum Gasteiger partial charge on any atom is 0.146 e. The molecule has 0 aliphatic heterocycles. The van der Waals surface area contributed by atoms with Crippen LogP contribution in [0.1, 0.15) is 35.2 Å². The SMILES string of the molecule is Cc1ccc(F)c(NC2CC(N)c3ccccc32)c1. The van der Waals surface area contributed by atoms with E-state index >= 15 is 0 Å². The molecule has 2 atom stereocenters. The van der Waals surface area contributed by atoms with Crippen molar-refractivity contribution >= 4 is 5.69 Å². The lowest BCUT2D eigenvalue weighted by atomic mass is 10.1. The Morgan fingerprint density at radius 1 is 1.16 bits per heavy atom. The Labute approximate surface area is 112 Å². The molecule has 0 fully saturated rings. The van der Waals surface area contributed by atoms with Gasteiger partial charge in [-0.15, -0.1) is 0 Å². The topological polar surface area (TPSA) is 38.0 Å². The van der Waals surface area contributed by atoms with E-state index in [9.17, 15) is 4.39 Å². The molecule has 0 heterocycles. The molecular formula is C16H17FN2. The third kappa shape index (κ3) is 2.22. The van der Waals surface area contributed by atoms with Crippen LogP contribution >= 0.6 is 0 Å². The molecule has 2 aromatic rings. The van der Waals surface area contributed by atoms with Gasteiger partial charge in [0.25, 0.3) is 0 Å². The van der Waals surface area contributed by atoms with Gasteiger partial charge in [0.05, 0.1) is 11.7 Å². The molecule has 19 heavy (non-hydrogen) atoms. The summed E-state index contributed by atoms with van der Waals surface area (Å²) in [4.78, 5) is 0. The molecule has 0 spiro atoms. The Hall–Kier alpha value is -1.87. The number of fused-ring (bicyclic) bond motifs is 1. The average molecular weight is 256 g/mol. The van der Waals surface area contributed by atoms with Crippen molar-refractivity contribution in [2.45, 2.75) is 25.4 Å². The van der Waals surface area contributed by atoms with Gasteiger partial charge in [0.15, 0.2) is 0 Å². The highest BCUT2D eigenvalue weighted by molar-refractivity contribution is 5.51. The van der Waals surface area contributed by atoms with E-state index in [2.05, 4.69) is 11.4 Å². The molecule has 1 aliphatic carbocycles. The van der Waals surface area contributed by atoms with Crippen LogP contribution in [0.3, 0.4) is 0 Å². The fourth-order valence-electron chi connectivity index (χ4n) is 2.75. The van der Waals surface area contributed by atoms with E-state index < -0.39 is 0 Å². The summed E-state index contributed by atoms with van der Waals surface area (Å²) in [6.45, 7) is 1.96. The van der Waals surface area contributed by atoms with Gasteiger partial charge in [0.2, 0.25) is 0 Å². The first-order valence-corrected chi connectivity index (χ1v) is 6.52. The monoisotopic (exact) mass is 256 g/mol. The predicted molar refractivity (Wildman–Crippen MR) is 75.5 cm³/mol. The summed E-state index contributed by atoms with van der Waals surface area (Å²) in [6.07, 6.45) is 0.798. The molecule has 3 N–H and O–H groups in total. The van der Waals surface area contributed by atoms with Crippen molar-refractivity contribution in [1.29, 1.82) is 0 Å². The van der Waals surface area contributed by atoms with Crippen LogP contribution < -0.4 is 11.1 Å². The largest absolute Gasteiger partial charge is 0.376 e. The lowest BCUT2D eigenvalue weighted by Crippen LogP contribution is -2.11. The molecule has 3 rings (SSSR count). The van der Waals surface area contributed by atoms with Crippen LogP contribution in [0.2, 0.25) is 0 Å². The molecule has 0 aromatic heterocycles. The number of aryl methyl sites for hydroxylation is 1. The van der Waals surface area contributed by atoms with E-state index in [0.717, 1.165) is 17.5 Å². The molecule has 0 radical (unpaired) electrons. The minimum Gasteiger partial charge on any atom is -0.376 e. The minimum atomic E-state index is -0.219. The number of rotatable bonds is 2. The van der Waals surface area contributed by atoms with Crippen LogP contribution in [0.15, 0.2) is 42.5 Å². The third-order valence-electron chi connectivity index (χ3n) is 3.71. The molecule has 1 aliphatic rings. The normalized spacial score (nSPS) is 21.2. The first kappa shape index (κ1) is 12.2. The van der Waals surface area contributed by atoms with Gasteiger partial charge in [-0.1, -0.05) is 30.3 Å². The predicted octanol–water partition coefficient (Wildman–Crippen LogP) is 3.69. The van der Waals surface area contributed by atoms with Crippen LogP contribution in [0.4, 0.5) is 10.1 Å². The van der Waals surface area contributed by atoms with E-state index in [1.54, 1.807) is 6.07 Å². The molecule has 2 unspecified atom stereocenters. The van der Waals surface area contributed by atoms with Crippen molar-refractivity contribution in [1.82, 2.24) is 0 Å². The number of anilines is 1. The first-order chi connectivity index (χ1) is 9.15. The van der Waals surface area contributed by atoms with Crippen molar-refractivity contribution in [3.8, 4) is 0 Å². The second-order valence-corrected chi connectivity index (χ2v) is 5.15. The summed E-state index contributed by atoms with van der Waals surface area (Å²) >= 11 is 0. The standard InChI is InChI=1S/C16H17FN2/c1-10-6-7-13(17)16(8-10)19-15-9-14(18)11-4-2-3-5-12(11)15/h2-8,14-15,19H,9,18H2,1H3. The molecule has 2 nitrogen and oxygen atoms in total. The summed E-state index contributed by atoms with van der Waals surface area (Å²) in [7, 11) is 0. The molecular weight excluding hydrogens is 239 g/mol. The molecule has 0 saturated heterocycles. The zero-order chi connectivity index (χ0) is 13.4. The quantitative estimate of drug-likeness (QED) is 0.860. The molecule has 0 amide bonds. The summed E-state index contributed by atoms with van der Waals surface area (Å²) < 4.78 is 13.8. The van der Waals surface area contributed by atoms with E-state index in [0.29, 0.717) is 5.69 Å². The maximum atomic E-state index is 13.8. The number of benzene rings is 2. The van der Waals surface area contributed by atoms with E-state index in [-0.39, 0.29) is 17.9 Å². The summed E-state index contributed by atoms with van der Waals surface area (Å²) in [5, 5.41) is 3.28. The molecule has 98 valence electrons. The number of hydrogen-bond donors (Lipinski definition) is 2. The van der Waals surface area contributed by atoms with Gasteiger partial charge in [-0.25, -0.2) is 4.39 Å². The van der Waals surface area contributed by atoms with Gasteiger partial charge in [0, 0.05) is 6.04 Å². The molecule has 0 bridgehead atoms. The Bertz CT molecular complexity index is 609. The maximum absolute atomic E-state index is 13.8. The van der Waals surface area contributed by atoms with Crippen molar-refractivity contribution in [3.05, 3.63) is 65.0 Å². The Balaban J connectivity index is 1.91. The highest BCUT2D eigenvalue weighted by atomic mass is 19.1. The van der Waals surface area contributed by atoms with Crippen molar-refractivity contribution in [3.63, 3.8) is 0 Å². The van der Waals surface area contributed by atoms with Crippen LogP contribution in [-0.2, 0) is 0 Å². The van der Waals surface area contributed by atoms with Gasteiger partial charge < -0.3 is 11.1 Å². The lowest BCUT2D eigenvalue weighted by molar-refractivity contribution is 0.614. The zero-order valence-corrected chi connectivity index (χ0v) is 10.9. The van der Waals surface area contributed by atoms with Crippen LogP contribution in [0.5, 0.6) is 0 Å². The van der Waals surface area contributed by atoms with Crippen molar-refractivity contribution < 1.29 is 4.39 Å². The average Bonchev–Trinajstić information content (AvgIpc) is 2.72. The van der Waals surface area contributed by atoms with Gasteiger partial charge in [-0.3, -0.25) is 0 Å². The second-order valence-electron chi connectivity index (χ2n) is 5.15. The molecule has 2 aromatic carbocycles. The second kappa shape index (κ2) is 4.67. The van der Waals surface area contributed by atoms with Crippen LogP contribution in [0, 0.1) is 12.7 Å². The number of nitrogens with one attached hydrogen (secondary N) is 1. The number of hydrogen-bond acceptors (Lipinski definition) is 2. The lowest BCUT2D eigenvalue weighted by Gasteiger charge is -2.16. The zero-order valence-electron chi connectivity index (χ0n) is 10.9. The third-order valence-corrected chi connectivity index (χ3v) is 3.71. The fourth-order valence-corrected chi connectivity index (χ4v) is 2.75. The van der Waals surface area contributed by atoms with Crippen molar-refractivity contribution in [2.75, 3.05) is 5.32 Å². The van der Waals surface area contributed by atoms with Crippen molar-refractivity contribution in [2.24, 2.45) is 5.73 Å². The first-order valence-electron chi connectivity index (χ1n) is 6.52. The summed E-state index contributed by atoms with van der Waals surface area (Å²) in [5.41, 5.74) is 10.1. The number of halogens is 1. The summed E-state index contributed by atoms with van der Waals surface area (Å²) in [5.74, 6) is -0.219. The van der Waals surface area contributed by atoms with E-state index in [1.165, 1.54) is 11.6 Å². The highest BCUT2D eigenvalue weighted by Gasteiger charge is 2.28. The summed E-state index contributed by atoms with van der Waals surface area (Å²) in [6, 6.07) is 13.3. The van der Waals surface area contributed by atoms with Gasteiger partial charge >= 0.3 is 0 Å². The van der Waals surface area contributed by atoms with Gasteiger partial charge in [-0.05, 0) is 42.2 Å². The Morgan fingerprint density at radius 2 is 1.89 bits per heavy atom. The number of nitrogens with two attached hydrogens (primary N) is 1. The Morgan fingerprint density at radius 3 is 2.68 bits per heavy atom. The molecule has 3 heteroatoms. The highest BCUT2D eigenvalue weighted by Crippen LogP contribution is 2.39. The van der Waals surface area contributed by atoms with Gasteiger partial charge in [-0.2, -0.15) is 0 Å².